The smallest absolute Gasteiger partial charge is 0.275 e. The summed E-state index contributed by atoms with van der Waals surface area (Å²) in [6.07, 6.45) is 3.30. The van der Waals surface area contributed by atoms with Gasteiger partial charge in [0.1, 0.15) is 11.4 Å². The second-order valence-corrected chi connectivity index (χ2v) is 7.91. The van der Waals surface area contributed by atoms with Gasteiger partial charge in [-0.3, -0.25) is 9.59 Å². The first kappa shape index (κ1) is 23.1. The van der Waals surface area contributed by atoms with Gasteiger partial charge in [-0.15, -0.1) is 0 Å². The van der Waals surface area contributed by atoms with Crippen LogP contribution in [0.2, 0.25) is 5.02 Å². The Morgan fingerprint density at radius 3 is 2.41 bits per heavy atom. The van der Waals surface area contributed by atoms with E-state index in [4.69, 9.17) is 16.3 Å². The van der Waals surface area contributed by atoms with Gasteiger partial charge >= 0.3 is 0 Å². The summed E-state index contributed by atoms with van der Waals surface area (Å²) in [6.45, 7) is 2.92. The van der Waals surface area contributed by atoms with Crippen LogP contribution in [0.5, 0.6) is 5.75 Å². The number of halogens is 1. The van der Waals surface area contributed by atoms with Crippen molar-refractivity contribution in [1.29, 1.82) is 0 Å². The number of aromatic nitrogens is 2. The molecule has 34 heavy (non-hydrogen) atoms. The van der Waals surface area contributed by atoms with Crippen molar-refractivity contribution in [1.82, 2.24) is 9.55 Å². The number of para-hydroxylation sites is 2. The van der Waals surface area contributed by atoms with Crippen molar-refractivity contribution >= 4 is 34.8 Å². The van der Waals surface area contributed by atoms with Crippen LogP contribution >= 0.6 is 11.6 Å². The molecular weight excluding hydrogens is 452 g/mol. The second kappa shape index (κ2) is 10.7. The number of amides is 2. The Kier molecular flexibility index (Phi) is 7.25. The largest absolute Gasteiger partial charge is 0.492 e. The third-order valence-electron chi connectivity index (χ3n) is 4.98. The van der Waals surface area contributed by atoms with Crippen LogP contribution in [0.25, 0.3) is 0 Å². The van der Waals surface area contributed by atoms with E-state index in [1.807, 2.05) is 47.9 Å². The molecule has 4 aromatic rings. The summed E-state index contributed by atoms with van der Waals surface area (Å²) in [4.78, 5) is 29.2. The van der Waals surface area contributed by atoms with E-state index in [2.05, 4.69) is 15.6 Å². The minimum Gasteiger partial charge on any atom is -0.492 e. The van der Waals surface area contributed by atoms with Crippen molar-refractivity contribution in [2.45, 2.75) is 13.5 Å². The molecule has 2 N–H and O–H groups in total. The molecule has 2 amide bonds. The number of hydrogen-bond acceptors (Lipinski definition) is 4. The highest BCUT2D eigenvalue weighted by Gasteiger charge is 2.13. The molecule has 0 unspecified atom stereocenters. The van der Waals surface area contributed by atoms with Gasteiger partial charge in [0.25, 0.3) is 11.8 Å². The summed E-state index contributed by atoms with van der Waals surface area (Å²) in [5, 5.41) is 6.28. The monoisotopic (exact) mass is 474 g/mol. The third kappa shape index (κ3) is 5.82. The Morgan fingerprint density at radius 1 is 0.941 bits per heavy atom. The first-order valence-electron chi connectivity index (χ1n) is 10.7. The molecule has 0 aliphatic rings. The summed E-state index contributed by atoms with van der Waals surface area (Å²) in [5.74, 6) is 0.0905. The van der Waals surface area contributed by atoms with Crippen LogP contribution in [0, 0.1) is 0 Å². The van der Waals surface area contributed by atoms with Gasteiger partial charge in [-0.1, -0.05) is 35.9 Å². The maximum absolute atomic E-state index is 12.6. The van der Waals surface area contributed by atoms with E-state index in [1.165, 1.54) is 0 Å². The Bertz CT molecular complexity index is 1280. The van der Waals surface area contributed by atoms with E-state index in [0.717, 1.165) is 5.56 Å². The number of rotatable bonds is 8. The molecule has 0 saturated heterocycles. The molecule has 8 heteroatoms. The Balaban J connectivity index is 1.36. The lowest BCUT2D eigenvalue weighted by molar-refractivity contribution is 0.101. The third-order valence-corrected chi connectivity index (χ3v) is 5.24. The van der Waals surface area contributed by atoms with E-state index in [1.54, 1.807) is 48.9 Å². The lowest BCUT2D eigenvalue weighted by Gasteiger charge is -2.10. The first-order valence-corrected chi connectivity index (χ1v) is 11.1. The second-order valence-electron chi connectivity index (χ2n) is 7.47. The van der Waals surface area contributed by atoms with Gasteiger partial charge < -0.3 is 19.9 Å². The van der Waals surface area contributed by atoms with Crippen molar-refractivity contribution in [3.8, 4) is 5.75 Å². The Labute approximate surface area is 202 Å². The zero-order chi connectivity index (χ0) is 23.9. The molecule has 4 rings (SSSR count). The highest BCUT2D eigenvalue weighted by Crippen LogP contribution is 2.24. The molecular formula is C26H23ClN4O3. The van der Waals surface area contributed by atoms with Gasteiger partial charge in [-0.2, -0.15) is 0 Å². The normalized spacial score (nSPS) is 10.5. The Hall–Kier alpha value is -4.10. The maximum Gasteiger partial charge on any atom is 0.275 e. The SMILES string of the molecule is CCOc1ccccc1NC(=O)c1cn(Cc2ccc(NC(=O)c3ccc(Cl)cc3)cc2)cn1. The molecule has 7 nitrogen and oxygen atoms in total. The van der Waals surface area contributed by atoms with Crippen LogP contribution < -0.4 is 15.4 Å². The number of anilines is 2. The molecule has 0 bridgehead atoms. The number of ether oxygens (including phenoxy) is 1. The summed E-state index contributed by atoms with van der Waals surface area (Å²) in [5.41, 5.74) is 3.11. The number of hydrogen-bond donors (Lipinski definition) is 2. The number of carbonyl (C=O) groups excluding carboxylic acids is 2. The minimum absolute atomic E-state index is 0.208. The number of carbonyl (C=O) groups is 2. The molecule has 0 aliphatic carbocycles. The topological polar surface area (TPSA) is 85.2 Å². The molecule has 0 aliphatic heterocycles. The van der Waals surface area contributed by atoms with Crippen LogP contribution in [0.3, 0.4) is 0 Å². The molecule has 0 spiro atoms. The number of imidazole rings is 1. The maximum atomic E-state index is 12.6. The predicted molar refractivity (Wildman–Crippen MR) is 133 cm³/mol. The zero-order valence-electron chi connectivity index (χ0n) is 18.5. The van der Waals surface area contributed by atoms with Gasteiger partial charge in [0, 0.05) is 29.0 Å². The van der Waals surface area contributed by atoms with Crippen LogP contribution in [-0.4, -0.2) is 28.0 Å². The van der Waals surface area contributed by atoms with Crippen molar-refractivity contribution in [3.05, 3.63) is 107 Å². The van der Waals surface area contributed by atoms with Gasteiger partial charge in [-0.05, 0) is 61.0 Å². The van der Waals surface area contributed by atoms with Crippen molar-refractivity contribution in [2.24, 2.45) is 0 Å². The lowest BCUT2D eigenvalue weighted by atomic mass is 10.2. The summed E-state index contributed by atoms with van der Waals surface area (Å²) < 4.78 is 7.37. The average Bonchev–Trinajstić information content (AvgIpc) is 3.31. The standard InChI is InChI=1S/C26H23ClN4O3/c1-2-34-24-6-4-3-5-22(24)30-26(33)23-16-31(17-28-23)15-18-7-13-21(14-8-18)29-25(32)19-9-11-20(27)12-10-19/h3-14,16-17H,2,15H2,1H3,(H,29,32)(H,30,33). The first-order chi connectivity index (χ1) is 16.5. The number of benzene rings is 3. The van der Waals surface area contributed by atoms with E-state index in [0.29, 0.717) is 46.6 Å². The predicted octanol–water partition coefficient (Wildman–Crippen LogP) is 5.49. The molecule has 0 saturated carbocycles. The van der Waals surface area contributed by atoms with Gasteiger partial charge in [0.15, 0.2) is 0 Å². The van der Waals surface area contributed by atoms with E-state index < -0.39 is 0 Å². The van der Waals surface area contributed by atoms with Crippen LogP contribution in [0.1, 0.15) is 33.3 Å². The minimum atomic E-state index is -0.314. The fourth-order valence-electron chi connectivity index (χ4n) is 3.31. The fraction of sp³-hybridized carbons (Fsp3) is 0.115. The number of nitrogens with one attached hydrogen (secondary N) is 2. The van der Waals surface area contributed by atoms with Crippen LogP contribution in [-0.2, 0) is 6.54 Å². The van der Waals surface area contributed by atoms with Crippen molar-refractivity contribution in [3.63, 3.8) is 0 Å². The Morgan fingerprint density at radius 2 is 1.68 bits per heavy atom. The quantitative estimate of drug-likeness (QED) is 0.353. The molecule has 0 fully saturated rings. The van der Waals surface area contributed by atoms with E-state index >= 15 is 0 Å². The van der Waals surface area contributed by atoms with Gasteiger partial charge in [-0.25, -0.2) is 4.98 Å². The van der Waals surface area contributed by atoms with Crippen LogP contribution in [0.4, 0.5) is 11.4 Å². The van der Waals surface area contributed by atoms with E-state index in [-0.39, 0.29) is 11.8 Å². The van der Waals surface area contributed by atoms with Gasteiger partial charge in [0.05, 0.1) is 18.6 Å². The highest BCUT2D eigenvalue weighted by atomic mass is 35.5. The van der Waals surface area contributed by atoms with Crippen molar-refractivity contribution in [2.75, 3.05) is 17.2 Å². The lowest BCUT2D eigenvalue weighted by Crippen LogP contribution is -2.13. The molecule has 0 radical (unpaired) electrons. The molecule has 1 heterocycles. The summed E-state index contributed by atoms with van der Waals surface area (Å²) >= 11 is 5.87. The molecule has 172 valence electrons. The van der Waals surface area contributed by atoms with Crippen molar-refractivity contribution < 1.29 is 14.3 Å². The zero-order valence-corrected chi connectivity index (χ0v) is 19.3. The molecule has 1 aromatic heterocycles. The highest BCUT2D eigenvalue weighted by molar-refractivity contribution is 6.30. The van der Waals surface area contributed by atoms with Gasteiger partial charge in [0.2, 0.25) is 0 Å². The van der Waals surface area contributed by atoms with E-state index in [9.17, 15) is 9.59 Å². The molecule has 3 aromatic carbocycles. The van der Waals surface area contributed by atoms with Crippen LogP contribution in [0.15, 0.2) is 85.3 Å². The molecule has 0 atom stereocenters. The summed E-state index contributed by atoms with van der Waals surface area (Å²) in [6, 6.07) is 21.5. The number of nitrogens with zero attached hydrogens (tertiary/aromatic N) is 2. The summed E-state index contributed by atoms with van der Waals surface area (Å²) in [7, 11) is 0. The fourth-order valence-corrected chi connectivity index (χ4v) is 3.44. The average molecular weight is 475 g/mol.